The number of phenolic OH excluding ortho intramolecular Hbond substituents is 1. The van der Waals surface area contributed by atoms with Gasteiger partial charge in [0, 0.05) is 18.8 Å². The average molecular weight is 751 g/mol. The fourth-order valence-electron chi connectivity index (χ4n) is 7.24. The Morgan fingerprint density at radius 2 is 1.09 bits per heavy atom. The van der Waals surface area contributed by atoms with Crippen molar-refractivity contribution in [2.75, 3.05) is 14.2 Å². The van der Waals surface area contributed by atoms with E-state index in [9.17, 15) is 9.90 Å². The Balaban J connectivity index is 2.15. The van der Waals surface area contributed by atoms with Crippen LogP contribution < -0.4 is 9.47 Å². The number of benzene rings is 3. The smallest absolute Gasteiger partial charge is 0.146 e. The van der Waals surface area contributed by atoms with E-state index in [-0.39, 0.29) is 33.3 Å². The predicted octanol–water partition coefficient (Wildman–Crippen LogP) is 13.1. The van der Waals surface area contributed by atoms with E-state index in [4.69, 9.17) is 9.47 Å². The maximum atomic E-state index is 13.0. The molecular formula is C51H74O4. The highest BCUT2D eigenvalue weighted by Crippen LogP contribution is 2.40. The van der Waals surface area contributed by atoms with Gasteiger partial charge in [-0.15, -0.1) is 0 Å². The van der Waals surface area contributed by atoms with E-state index in [0.717, 1.165) is 72.2 Å². The number of methoxy groups -OCH3 is 2. The summed E-state index contributed by atoms with van der Waals surface area (Å²) in [4.78, 5) is 13.0. The molecule has 0 heterocycles. The highest BCUT2D eigenvalue weighted by Gasteiger charge is 2.27. The van der Waals surface area contributed by atoms with Crippen molar-refractivity contribution in [2.24, 2.45) is 11.3 Å². The SMILES string of the molecule is CCc1cc(C(C)(C)CC)cc(C/C(C)=C/C(/C=C(\C=O)Cc2cc(C(C)(C)CC)cc(Cc3cc(C(C)(C)CC)ccc3O)c2OC)C(C)(C)C)c1OC. The van der Waals surface area contributed by atoms with Crippen LogP contribution in [0.15, 0.2) is 65.8 Å². The minimum atomic E-state index is -0.129. The third-order valence-corrected chi connectivity index (χ3v) is 12.6. The first-order valence-electron chi connectivity index (χ1n) is 20.7. The number of rotatable bonds is 18. The van der Waals surface area contributed by atoms with E-state index in [1.165, 1.54) is 33.4 Å². The molecule has 0 amide bonds. The monoisotopic (exact) mass is 751 g/mol. The summed E-state index contributed by atoms with van der Waals surface area (Å²) in [5.74, 6) is 2.05. The van der Waals surface area contributed by atoms with Crippen molar-refractivity contribution in [2.45, 2.75) is 158 Å². The first-order chi connectivity index (χ1) is 25.6. The van der Waals surface area contributed by atoms with Crippen molar-refractivity contribution in [1.29, 1.82) is 0 Å². The molecule has 55 heavy (non-hydrogen) atoms. The largest absolute Gasteiger partial charge is 0.508 e. The minimum Gasteiger partial charge on any atom is -0.508 e. The van der Waals surface area contributed by atoms with Gasteiger partial charge in [0.1, 0.15) is 23.5 Å². The van der Waals surface area contributed by atoms with Crippen molar-refractivity contribution in [3.05, 3.63) is 110 Å². The van der Waals surface area contributed by atoms with Gasteiger partial charge in [0.25, 0.3) is 0 Å². The van der Waals surface area contributed by atoms with E-state index < -0.39 is 0 Å². The lowest BCUT2D eigenvalue weighted by molar-refractivity contribution is -0.105. The molecule has 0 bridgehead atoms. The standard InChI is InChI=1S/C51H74O4/c1-17-36-28-43(50(11,12)19-3)30-38(46(36)54-15)23-34(5)24-42(48(6,7)8)26-35(33-52)25-39-31-44(51(13,14)20-4)32-40(47(39)55-16)27-37-29-41(21-22-45(37)53)49(9,10)18-2/h21-22,24,26,28-33,42,53H,17-20,23,25,27H2,1-16H3/b34-24+,35-26-. The molecule has 302 valence electrons. The Kier molecular flexibility index (Phi) is 15.3. The van der Waals surface area contributed by atoms with Gasteiger partial charge in [-0.25, -0.2) is 0 Å². The summed E-state index contributed by atoms with van der Waals surface area (Å²) in [5.41, 5.74) is 10.9. The number of hydrogen-bond donors (Lipinski definition) is 1. The fraction of sp³-hybridized carbons (Fsp3) is 0.549. The quantitative estimate of drug-likeness (QED) is 0.0799. The summed E-state index contributed by atoms with van der Waals surface area (Å²) in [7, 11) is 3.49. The number of hydrogen-bond acceptors (Lipinski definition) is 4. The zero-order chi connectivity index (χ0) is 41.5. The van der Waals surface area contributed by atoms with Crippen LogP contribution in [0.25, 0.3) is 0 Å². The number of aldehydes is 1. The second-order valence-electron chi connectivity index (χ2n) is 18.9. The number of allylic oxidation sites excluding steroid dienone is 4. The molecule has 1 unspecified atom stereocenters. The molecule has 0 saturated carbocycles. The molecule has 1 atom stereocenters. The molecule has 4 heteroatoms. The number of aryl methyl sites for hydroxylation is 1. The minimum absolute atomic E-state index is 0.00960. The molecule has 0 radical (unpaired) electrons. The highest BCUT2D eigenvalue weighted by atomic mass is 16.5. The van der Waals surface area contributed by atoms with Gasteiger partial charge in [0.2, 0.25) is 0 Å². The van der Waals surface area contributed by atoms with E-state index in [2.05, 4.69) is 139 Å². The molecular weight excluding hydrogens is 677 g/mol. The van der Waals surface area contributed by atoms with Crippen LogP contribution in [-0.4, -0.2) is 25.6 Å². The van der Waals surface area contributed by atoms with Gasteiger partial charge in [-0.3, -0.25) is 4.79 Å². The third-order valence-electron chi connectivity index (χ3n) is 12.6. The van der Waals surface area contributed by atoms with Gasteiger partial charge >= 0.3 is 0 Å². The average Bonchev–Trinajstić information content (AvgIpc) is 3.13. The number of phenols is 1. The van der Waals surface area contributed by atoms with Crippen LogP contribution in [0.1, 0.15) is 161 Å². The molecule has 3 aromatic rings. The van der Waals surface area contributed by atoms with Crippen molar-refractivity contribution < 1.29 is 19.4 Å². The zero-order valence-electron chi connectivity index (χ0n) is 37.5. The zero-order valence-corrected chi connectivity index (χ0v) is 37.5. The van der Waals surface area contributed by atoms with Gasteiger partial charge in [-0.2, -0.15) is 0 Å². The Bertz CT molecular complexity index is 1840. The van der Waals surface area contributed by atoms with Gasteiger partial charge in [0.15, 0.2) is 0 Å². The molecule has 1 N–H and O–H groups in total. The lowest BCUT2D eigenvalue weighted by Gasteiger charge is -2.29. The summed E-state index contributed by atoms with van der Waals surface area (Å²) in [6, 6.07) is 15.1. The van der Waals surface area contributed by atoms with Crippen molar-refractivity contribution in [3.8, 4) is 17.2 Å². The van der Waals surface area contributed by atoms with Crippen LogP contribution in [0.2, 0.25) is 0 Å². The van der Waals surface area contributed by atoms with Gasteiger partial charge in [-0.1, -0.05) is 144 Å². The molecule has 0 aromatic heterocycles. The lowest BCUT2D eigenvalue weighted by atomic mass is 9.77. The number of ether oxygens (including phenoxy) is 2. The van der Waals surface area contributed by atoms with E-state index >= 15 is 0 Å². The number of carbonyl (C=O) groups is 1. The third kappa shape index (κ3) is 11.2. The highest BCUT2D eigenvalue weighted by molar-refractivity contribution is 5.75. The molecule has 0 aliphatic carbocycles. The van der Waals surface area contributed by atoms with Crippen LogP contribution in [0, 0.1) is 11.3 Å². The van der Waals surface area contributed by atoms with Crippen LogP contribution in [-0.2, 0) is 46.7 Å². The maximum absolute atomic E-state index is 13.0. The summed E-state index contributed by atoms with van der Waals surface area (Å²) >= 11 is 0. The van der Waals surface area contributed by atoms with Gasteiger partial charge in [-0.05, 0) is 117 Å². The Morgan fingerprint density at radius 1 is 0.636 bits per heavy atom. The summed E-state index contributed by atoms with van der Waals surface area (Å²) < 4.78 is 12.2. The van der Waals surface area contributed by atoms with E-state index in [0.29, 0.717) is 12.8 Å². The number of carbonyl (C=O) groups excluding carboxylic acids is 1. The van der Waals surface area contributed by atoms with E-state index in [1.807, 2.05) is 12.1 Å². The van der Waals surface area contributed by atoms with Crippen LogP contribution in [0.3, 0.4) is 0 Å². The summed E-state index contributed by atoms with van der Waals surface area (Å²) in [6.07, 6.45) is 11.2. The summed E-state index contributed by atoms with van der Waals surface area (Å²) in [6.45, 7) is 31.4. The van der Waals surface area contributed by atoms with Crippen LogP contribution in [0.5, 0.6) is 17.2 Å². The number of aromatic hydroxyl groups is 1. The molecule has 3 aromatic carbocycles. The second-order valence-corrected chi connectivity index (χ2v) is 18.9. The molecule has 0 aliphatic heterocycles. The maximum Gasteiger partial charge on any atom is 0.146 e. The Hall–Kier alpha value is -3.79. The van der Waals surface area contributed by atoms with E-state index in [1.54, 1.807) is 14.2 Å². The molecule has 4 nitrogen and oxygen atoms in total. The molecule has 0 aliphatic rings. The van der Waals surface area contributed by atoms with Crippen molar-refractivity contribution in [1.82, 2.24) is 0 Å². The topological polar surface area (TPSA) is 55.8 Å². The first kappa shape index (κ1) is 45.6. The first-order valence-corrected chi connectivity index (χ1v) is 20.7. The van der Waals surface area contributed by atoms with Crippen molar-refractivity contribution in [3.63, 3.8) is 0 Å². The van der Waals surface area contributed by atoms with Crippen LogP contribution >= 0.6 is 0 Å². The van der Waals surface area contributed by atoms with Crippen molar-refractivity contribution >= 4 is 6.29 Å². The second kappa shape index (κ2) is 18.4. The lowest BCUT2D eigenvalue weighted by Crippen LogP contribution is -2.19. The normalized spacial score (nSPS) is 13.9. The molecule has 0 saturated heterocycles. The predicted molar refractivity (Wildman–Crippen MR) is 234 cm³/mol. The summed E-state index contributed by atoms with van der Waals surface area (Å²) in [5, 5.41) is 11.1. The van der Waals surface area contributed by atoms with Crippen LogP contribution in [0.4, 0.5) is 0 Å². The molecule has 3 rings (SSSR count). The molecule has 0 spiro atoms. The fourth-order valence-corrected chi connectivity index (χ4v) is 7.24. The Labute approximate surface area is 335 Å². The van der Waals surface area contributed by atoms with Gasteiger partial charge in [0.05, 0.1) is 14.2 Å². The van der Waals surface area contributed by atoms with Gasteiger partial charge < -0.3 is 14.6 Å². The Morgan fingerprint density at radius 3 is 1.56 bits per heavy atom. The molecule has 0 fully saturated rings.